The van der Waals surface area contributed by atoms with Gasteiger partial charge in [0.2, 0.25) is 5.91 Å². The molecule has 0 bridgehead atoms. The van der Waals surface area contributed by atoms with E-state index in [9.17, 15) is 10.1 Å². The number of carbonyl (C=O) groups excluding carboxylic acids is 1. The van der Waals surface area contributed by atoms with Crippen molar-refractivity contribution >= 4 is 17.5 Å². The number of amides is 1. The van der Waals surface area contributed by atoms with Gasteiger partial charge in [-0.2, -0.15) is 5.26 Å². The van der Waals surface area contributed by atoms with Gasteiger partial charge in [0, 0.05) is 22.9 Å². The van der Waals surface area contributed by atoms with Gasteiger partial charge in [0.25, 0.3) is 0 Å². The molecule has 1 fully saturated rings. The van der Waals surface area contributed by atoms with Crippen LogP contribution < -0.4 is 5.32 Å². The average Bonchev–Trinajstić information content (AvgIpc) is 2.59. The number of rotatable bonds is 6. The van der Waals surface area contributed by atoms with Crippen molar-refractivity contribution in [2.24, 2.45) is 5.92 Å². The van der Waals surface area contributed by atoms with Crippen LogP contribution >= 0.6 is 11.6 Å². The summed E-state index contributed by atoms with van der Waals surface area (Å²) in [6.07, 6.45) is 3.90. The fourth-order valence-electron chi connectivity index (χ4n) is 3.41. The summed E-state index contributed by atoms with van der Waals surface area (Å²) in [5.41, 5.74) is 2.87. The van der Waals surface area contributed by atoms with Gasteiger partial charge in [-0.1, -0.05) is 42.3 Å². The normalized spacial score (nSPS) is 16.2. The smallest absolute Gasteiger partial charge is 0.223 e. The minimum absolute atomic E-state index is 0.0206. The molecule has 1 N–H and O–H groups in total. The Bertz CT molecular complexity index is 806. The van der Waals surface area contributed by atoms with Crippen LogP contribution in [0.1, 0.15) is 48.8 Å². The van der Waals surface area contributed by atoms with E-state index in [1.54, 1.807) is 6.07 Å². The van der Waals surface area contributed by atoms with Crippen molar-refractivity contribution in [1.82, 2.24) is 5.32 Å². The number of carbonyl (C=O) groups is 1. The molecule has 1 aliphatic rings. The molecule has 134 valence electrons. The number of benzene rings is 2. The highest BCUT2D eigenvalue weighted by molar-refractivity contribution is 6.30. The molecule has 3 nitrogen and oxygen atoms in total. The number of nitriles is 1. The first-order chi connectivity index (χ1) is 12.6. The third kappa shape index (κ3) is 4.45. The highest BCUT2D eigenvalue weighted by Gasteiger charge is 2.28. The molecular formula is C22H23ClN2O. The predicted molar refractivity (Wildman–Crippen MR) is 104 cm³/mol. The Labute approximate surface area is 160 Å². The molecule has 0 saturated heterocycles. The van der Waals surface area contributed by atoms with Crippen LogP contribution in [0.5, 0.6) is 0 Å². The summed E-state index contributed by atoms with van der Waals surface area (Å²) in [7, 11) is 0. The van der Waals surface area contributed by atoms with E-state index in [0.717, 1.165) is 36.8 Å². The number of nitrogens with zero attached hydrogens (tertiary/aromatic N) is 1. The molecule has 1 amide bonds. The van der Waals surface area contributed by atoms with Crippen LogP contribution in [0, 0.1) is 17.2 Å². The molecule has 0 radical (unpaired) electrons. The summed E-state index contributed by atoms with van der Waals surface area (Å²) < 4.78 is 0. The lowest BCUT2D eigenvalue weighted by Crippen LogP contribution is -2.42. The molecule has 2 aromatic carbocycles. The summed E-state index contributed by atoms with van der Waals surface area (Å²) in [6, 6.07) is 17.7. The molecule has 0 heterocycles. The minimum atomic E-state index is -0.0206. The molecule has 26 heavy (non-hydrogen) atoms. The second-order valence-electron chi connectivity index (χ2n) is 7.10. The van der Waals surface area contributed by atoms with Crippen molar-refractivity contribution < 1.29 is 4.79 Å². The maximum Gasteiger partial charge on any atom is 0.223 e. The summed E-state index contributed by atoms with van der Waals surface area (Å²) in [4.78, 5) is 12.4. The summed E-state index contributed by atoms with van der Waals surface area (Å²) in [5.74, 6) is 0.411. The summed E-state index contributed by atoms with van der Waals surface area (Å²) in [6.45, 7) is 2.05. The topological polar surface area (TPSA) is 52.9 Å². The number of hydrogen-bond acceptors (Lipinski definition) is 2. The van der Waals surface area contributed by atoms with Crippen LogP contribution in [-0.2, 0) is 11.2 Å². The van der Waals surface area contributed by atoms with Crippen molar-refractivity contribution in [3.05, 3.63) is 70.2 Å². The molecule has 4 heteroatoms. The van der Waals surface area contributed by atoms with E-state index in [4.69, 9.17) is 11.6 Å². The summed E-state index contributed by atoms with van der Waals surface area (Å²) >= 11 is 6.00. The highest BCUT2D eigenvalue weighted by atomic mass is 35.5. The third-order valence-electron chi connectivity index (χ3n) is 5.26. The lowest BCUT2D eigenvalue weighted by Gasteiger charge is -2.30. The van der Waals surface area contributed by atoms with Crippen molar-refractivity contribution in [2.45, 2.75) is 44.6 Å². The Morgan fingerprint density at radius 2 is 2.00 bits per heavy atom. The zero-order valence-corrected chi connectivity index (χ0v) is 15.7. The van der Waals surface area contributed by atoms with Gasteiger partial charge in [0.05, 0.1) is 11.6 Å². The van der Waals surface area contributed by atoms with E-state index in [-0.39, 0.29) is 23.8 Å². The maximum atomic E-state index is 12.4. The van der Waals surface area contributed by atoms with Gasteiger partial charge in [-0.05, 0) is 61.6 Å². The Kier molecular flexibility index (Phi) is 5.96. The standard InChI is InChI=1S/C22H23ClN2O/c1-15(25-22(26)18-5-3-6-18)21(13-16-8-10-20(23)11-9-16)19-7-2-4-17(12-19)14-24/h2,4,7-12,15,18,21H,3,5-6,13H2,1H3,(H,25,26)/t15?,21-/m1/s1. The molecule has 0 aliphatic heterocycles. The van der Waals surface area contributed by atoms with Crippen molar-refractivity contribution in [3.63, 3.8) is 0 Å². The van der Waals surface area contributed by atoms with Crippen LogP contribution in [0.3, 0.4) is 0 Å². The van der Waals surface area contributed by atoms with Crippen LogP contribution in [0.4, 0.5) is 0 Å². The number of hydrogen-bond donors (Lipinski definition) is 1. The molecule has 2 atom stereocenters. The fourth-order valence-corrected chi connectivity index (χ4v) is 3.54. The lowest BCUT2D eigenvalue weighted by molar-refractivity contribution is -0.128. The second-order valence-corrected chi connectivity index (χ2v) is 7.54. The monoisotopic (exact) mass is 366 g/mol. The zero-order chi connectivity index (χ0) is 18.5. The zero-order valence-electron chi connectivity index (χ0n) is 14.9. The van der Waals surface area contributed by atoms with Crippen molar-refractivity contribution in [3.8, 4) is 6.07 Å². The van der Waals surface area contributed by atoms with E-state index >= 15 is 0 Å². The van der Waals surface area contributed by atoms with Gasteiger partial charge in [-0.15, -0.1) is 0 Å². The predicted octanol–water partition coefficient (Wildman–Crippen LogP) is 4.84. The van der Waals surface area contributed by atoms with Crippen molar-refractivity contribution in [1.29, 1.82) is 5.26 Å². The molecule has 1 aliphatic carbocycles. The Balaban J connectivity index is 1.83. The SMILES string of the molecule is CC(NC(=O)C1CCC1)[C@@H](Cc1ccc(Cl)cc1)c1cccc(C#N)c1. The van der Waals surface area contributed by atoms with E-state index < -0.39 is 0 Å². The van der Waals surface area contributed by atoms with Crippen LogP contribution in [0.15, 0.2) is 48.5 Å². The molecule has 0 aromatic heterocycles. The van der Waals surface area contributed by atoms with Gasteiger partial charge < -0.3 is 5.32 Å². The Hall–Kier alpha value is -2.31. The maximum absolute atomic E-state index is 12.4. The second kappa shape index (κ2) is 8.38. The summed E-state index contributed by atoms with van der Waals surface area (Å²) in [5, 5.41) is 13.1. The van der Waals surface area contributed by atoms with Gasteiger partial charge in [0.15, 0.2) is 0 Å². The van der Waals surface area contributed by atoms with E-state index in [1.807, 2.05) is 42.5 Å². The largest absolute Gasteiger partial charge is 0.353 e. The number of nitrogens with one attached hydrogen (secondary N) is 1. The minimum Gasteiger partial charge on any atom is -0.353 e. The van der Waals surface area contributed by atoms with Crippen LogP contribution in [-0.4, -0.2) is 11.9 Å². The van der Waals surface area contributed by atoms with Gasteiger partial charge in [-0.3, -0.25) is 4.79 Å². The average molecular weight is 367 g/mol. The van der Waals surface area contributed by atoms with Crippen LogP contribution in [0.2, 0.25) is 5.02 Å². The molecule has 1 saturated carbocycles. The van der Waals surface area contributed by atoms with E-state index in [1.165, 1.54) is 0 Å². The first kappa shape index (κ1) is 18.5. The van der Waals surface area contributed by atoms with E-state index in [0.29, 0.717) is 10.6 Å². The first-order valence-corrected chi connectivity index (χ1v) is 9.49. The lowest BCUT2D eigenvalue weighted by atomic mass is 9.83. The highest BCUT2D eigenvalue weighted by Crippen LogP contribution is 2.29. The van der Waals surface area contributed by atoms with Crippen LogP contribution in [0.25, 0.3) is 0 Å². The van der Waals surface area contributed by atoms with Gasteiger partial charge in [0.1, 0.15) is 0 Å². The molecule has 2 aromatic rings. The van der Waals surface area contributed by atoms with Gasteiger partial charge >= 0.3 is 0 Å². The first-order valence-electron chi connectivity index (χ1n) is 9.11. The molecule has 1 unspecified atom stereocenters. The Morgan fingerprint density at radius 1 is 1.27 bits per heavy atom. The third-order valence-corrected chi connectivity index (χ3v) is 5.51. The molecular weight excluding hydrogens is 344 g/mol. The fraction of sp³-hybridized carbons (Fsp3) is 0.364. The molecule has 0 spiro atoms. The molecule has 3 rings (SSSR count). The quantitative estimate of drug-likeness (QED) is 0.795. The van der Waals surface area contributed by atoms with Gasteiger partial charge in [-0.25, -0.2) is 0 Å². The Morgan fingerprint density at radius 3 is 2.62 bits per heavy atom. The van der Waals surface area contributed by atoms with E-state index in [2.05, 4.69) is 18.3 Å². The number of halogens is 1. The van der Waals surface area contributed by atoms with Crippen molar-refractivity contribution in [2.75, 3.05) is 0 Å².